The Kier molecular flexibility index (Phi) is 4.90. The molecule has 0 aliphatic heterocycles. The van der Waals surface area contributed by atoms with Gasteiger partial charge in [0.05, 0.1) is 12.1 Å². The van der Waals surface area contributed by atoms with E-state index < -0.39 is 0 Å². The zero-order valence-corrected chi connectivity index (χ0v) is 11.4. The summed E-state index contributed by atoms with van der Waals surface area (Å²) in [6, 6.07) is 9.58. The number of nitrogens with zero attached hydrogens (tertiary/aromatic N) is 1. The lowest BCUT2D eigenvalue weighted by Gasteiger charge is -2.01. The first-order valence-corrected chi connectivity index (χ1v) is 6.60. The van der Waals surface area contributed by atoms with E-state index in [1.54, 1.807) is 6.92 Å². The fraction of sp³-hybridized carbons (Fsp3) is 0.333. The molecule has 2 N–H and O–H groups in total. The molecule has 0 radical (unpaired) electrons. The Labute approximate surface area is 117 Å². The van der Waals surface area contributed by atoms with Crippen molar-refractivity contribution in [3.8, 4) is 11.5 Å². The van der Waals surface area contributed by atoms with Gasteiger partial charge < -0.3 is 14.8 Å². The van der Waals surface area contributed by atoms with Crippen LogP contribution < -0.4 is 5.32 Å². The lowest BCUT2D eigenvalue weighted by Crippen LogP contribution is -2.26. The van der Waals surface area contributed by atoms with Crippen LogP contribution in [0.15, 0.2) is 34.7 Å². The average molecular weight is 274 g/mol. The van der Waals surface area contributed by atoms with Crippen LogP contribution in [0.25, 0.3) is 11.5 Å². The maximum Gasteiger partial charge on any atom is 0.226 e. The predicted molar refractivity (Wildman–Crippen MR) is 75.1 cm³/mol. The van der Waals surface area contributed by atoms with Gasteiger partial charge in [0.25, 0.3) is 0 Å². The largest absolute Gasteiger partial charge is 0.441 e. The highest BCUT2D eigenvalue weighted by molar-refractivity contribution is 5.78. The van der Waals surface area contributed by atoms with Gasteiger partial charge >= 0.3 is 0 Å². The van der Waals surface area contributed by atoms with E-state index in [1.165, 1.54) is 0 Å². The number of rotatable bonds is 6. The second-order valence-corrected chi connectivity index (χ2v) is 4.49. The van der Waals surface area contributed by atoms with Gasteiger partial charge in [-0.25, -0.2) is 4.98 Å². The smallest absolute Gasteiger partial charge is 0.226 e. The van der Waals surface area contributed by atoms with E-state index in [0.29, 0.717) is 30.3 Å². The van der Waals surface area contributed by atoms with Gasteiger partial charge in [0.2, 0.25) is 11.8 Å². The second-order valence-electron chi connectivity index (χ2n) is 4.49. The van der Waals surface area contributed by atoms with Crippen molar-refractivity contribution in [1.29, 1.82) is 0 Å². The van der Waals surface area contributed by atoms with Gasteiger partial charge in [0.15, 0.2) is 0 Å². The molecule has 1 aromatic heterocycles. The van der Waals surface area contributed by atoms with Crippen LogP contribution in [0, 0.1) is 6.92 Å². The Bertz CT molecular complexity index is 564. The zero-order chi connectivity index (χ0) is 14.4. The van der Waals surface area contributed by atoms with E-state index in [2.05, 4.69) is 10.3 Å². The molecule has 0 saturated carbocycles. The molecule has 0 aliphatic rings. The quantitative estimate of drug-likeness (QED) is 0.786. The molecular formula is C15H18N2O3. The molecule has 5 nitrogen and oxygen atoms in total. The molecule has 1 heterocycles. The minimum atomic E-state index is -0.116. The number of aromatic nitrogens is 1. The van der Waals surface area contributed by atoms with Crippen LogP contribution >= 0.6 is 0 Å². The van der Waals surface area contributed by atoms with Crippen LogP contribution in [-0.4, -0.2) is 29.1 Å². The van der Waals surface area contributed by atoms with E-state index in [1.807, 2.05) is 30.3 Å². The molecule has 0 fully saturated rings. The molecular weight excluding hydrogens is 256 g/mol. The number of oxazole rings is 1. The fourth-order valence-electron chi connectivity index (χ4n) is 1.82. The van der Waals surface area contributed by atoms with Gasteiger partial charge in [0, 0.05) is 18.7 Å². The molecule has 0 unspecified atom stereocenters. The maximum absolute atomic E-state index is 11.7. The van der Waals surface area contributed by atoms with Gasteiger partial charge in [-0.15, -0.1) is 0 Å². The molecule has 2 aromatic rings. The van der Waals surface area contributed by atoms with Crippen molar-refractivity contribution in [3.05, 3.63) is 41.8 Å². The number of hydrogen-bond acceptors (Lipinski definition) is 4. The summed E-state index contributed by atoms with van der Waals surface area (Å²) < 4.78 is 5.60. The third-order valence-corrected chi connectivity index (χ3v) is 2.90. The van der Waals surface area contributed by atoms with Crippen LogP contribution in [0.1, 0.15) is 17.9 Å². The number of hydrogen-bond donors (Lipinski definition) is 2. The van der Waals surface area contributed by atoms with Crippen molar-refractivity contribution in [1.82, 2.24) is 10.3 Å². The standard InChI is InChI=1S/C15H18N2O3/c1-11-13(10-14(19)16-8-5-9-18)17-15(20-11)12-6-3-2-4-7-12/h2-4,6-7,18H,5,8-10H2,1H3,(H,16,19). The highest BCUT2D eigenvalue weighted by atomic mass is 16.4. The molecule has 20 heavy (non-hydrogen) atoms. The summed E-state index contributed by atoms with van der Waals surface area (Å²) in [5.41, 5.74) is 1.54. The summed E-state index contributed by atoms with van der Waals surface area (Å²) in [5.74, 6) is 1.07. The molecule has 106 valence electrons. The average Bonchev–Trinajstić information content (AvgIpc) is 2.81. The predicted octanol–water partition coefficient (Wildman–Crippen LogP) is 1.69. The van der Waals surface area contributed by atoms with E-state index in [4.69, 9.17) is 9.52 Å². The van der Waals surface area contributed by atoms with Crippen molar-refractivity contribution in [3.63, 3.8) is 0 Å². The van der Waals surface area contributed by atoms with Crippen LogP contribution in [0.5, 0.6) is 0 Å². The number of carbonyl (C=O) groups excluding carboxylic acids is 1. The fourth-order valence-corrected chi connectivity index (χ4v) is 1.82. The third kappa shape index (κ3) is 3.68. The van der Waals surface area contributed by atoms with Crippen molar-refractivity contribution in [2.75, 3.05) is 13.2 Å². The molecule has 1 amide bonds. The number of aliphatic hydroxyl groups is 1. The van der Waals surface area contributed by atoms with Crippen molar-refractivity contribution in [2.24, 2.45) is 0 Å². The summed E-state index contributed by atoms with van der Waals surface area (Å²) in [4.78, 5) is 16.1. The van der Waals surface area contributed by atoms with Gasteiger partial charge in [-0.3, -0.25) is 4.79 Å². The van der Waals surface area contributed by atoms with Crippen LogP contribution in [0.4, 0.5) is 0 Å². The molecule has 0 atom stereocenters. The minimum absolute atomic E-state index is 0.0709. The highest BCUT2D eigenvalue weighted by Crippen LogP contribution is 2.21. The van der Waals surface area contributed by atoms with Crippen LogP contribution in [0.2, 0.25) is 0 Å². The van der Waals surface area contributed by atoms with Crippen molar-refractivity contribution < 1.29 is 14.3 Å². The molecule has 0 aliphatic carbocycles. The monoisotopic (exact) mass is 274 g/mol. The molecule has 1 aromatic carbocycles. The van der Waals surface area contributed by atoms with Gasteiger partial charge in [-0.1, -0.05) is 18.2 Å². The topological polar surface area (TPSA) is 75.4 Å². The lowest BCUT2D eigenvalue weighted by atomic mass is 10.2. The minimum Gasteiger partial charge on any atom is -0.441 e. The zero-order valence-electron chi connectivity index (χ0n) is 11.4. The Morgan fingerprint density at radius 2 is 2.10 bits per heavy atom. The number of aryl methyl sites for hydroxylation is 1. The molecule has 0 saturated heterocycles. The van der Waals surface area contributed by atoms with Gasteiger partial charge in [0.1, 0.15) is 5.76 Å². The van der Waals surface area contributed by atoms with E-state index in [-0.39, 0.29) is 18.9 Å². The van der Waals surface area contributed by atoms with E-state index in [0.717, 1.165) is 5.56 Å². The third-order valence-electron chi connectivity index (χ3n) is 2.90. The van der Waals surface area contributed by atoms with E-state index >= 15 is 0 Å². The van der Waals surface area contributed by atoms with Crippen molar-refractivity contribution >= 4 is 5.91 Å². The number of aliphatic hydroxyl groups excluding tert-OH is 1. The Morgan fingerprint density at radius 1 is 1.35 bits per heavy atom. The summed E-state index contributed by atoms with van der Waals surface area (Å²) in [6.45, 7) is 2.34. The lowest BCUT2D eigenvalue weighted by molar-refractivity contribution is -0.120. The SMILES string of the molecule is Cc1oc(-c2ccccc2)nc1CC(=O)NCCCO. The highest BCUT2D eigenvalue weighted by Gasteiger charge is 2.14. The number of carbonyl (C=O) groups is 1. The first-order chi connectivity index (χ1) is 9.70. The summed E-state index contributed by atoms with van der Waals surface area (Å²) in [5, 5.41) is 11.4. The van der Waals surface area contributed by atoms with Crippen LogP contribution in [0.3, 0.4) is 0 Å². The first kappa shape index (κ1) is 14.3. The Hall–Kier alpha value is -2.14. The van der Waals surface area contributed by atoms with Crippen molar-refractivity contribution in [2.45, 2.75) is 19.8 Å². The van der Waals surface area contributed by atoms with Gasteiger partial charge in [-0.2, -0.15) is 0 Å². The Morgan fingerprint density at radius 3 is 2.80 bits per heavy atom. The first-order valence-electron chi connectivity index (χ1n) is 6.60. The normalized spacial score (nSPS) is 10.5. The second kappa shape index (κ2) is 6.86. The van der Waals surface area contributed by atoms with E-state index in [9.17, 15) is 4.79 Å². The molecule has 0 bridgehead atoms. The maximum atomic E-state index is 11.7. The van der Waals surface area contributed by atoms with Gasteiger partial charge in [-0.05, 0) is 25.5 Å². The molecule has 0 spiro atoms. The summed E-state index contributed by atoms with van der Waals surface area (Å²) >= 11 is 0. The van der Waals surface area contributed by atoms with Crippen LogP contribution in [-0.2, 0) is 11.2 Å². The number of benzene rings is 1. The molecule has 2 rings (SSSR count). The summed E-state index contributed by atoms with van der Waals surface area (Å²) in [7, 11) is 0. The summed E-state index contributed by atoms with van der Waals surface area (Å²) in [6.07, 6.45) is 0.742. The number of nitrogens with one attached hydrogen (secondary N) is 1. The Balaban J connectivity index is 2.03. The molecule has 5 heteroatoms. The number of amides is 1.